The summed E-state index contributed by atoms with van der Waals surface area (Å²) in [6.45, 7) is 1.76. The molecule has 0 N–H and O–H groups in total. The van der Waals surface area contributed by atoms with Crippen LogP contribution in [-0.2, 0) is 21.1 Å². The maximum Gasteiger partial charge on any atom is 0.200 e. The van der Waals surface area contributed by atoms with Gasteiger partial charge in [0.2, 0.25) is 9.84 Å². The van der Waals surface area contributed by atoms with Gasteiger partial charge in [-0.15, -0.1) is 0 Å². The van der Waals surface area contributed by atoms with E-state index >= 15 is 0 Å². The minimum atomic E-state index is -3.24. The van der Waals surface area contributed by atoms with E-state index in [1.165, 1.54) is 5.41 Å². The summed E-state index contributed by atoms with van der Waals surface area (Å²) in [6.07, 6.45) is 1.13. The van der Waals surface area contributed by atoms with Gasteiger partial charge in [-0.25, -0.2) is 8.42 Å². The van der Waals surface area contributed by atoms with Crippen molar-refractivity contribution in [3.63, 3.8) is 0 Å². The van der Waals surface area contributed by atoms with Crippen molar-refractivity contribution in [3.05, 3.63) is 34.7 Å². The van der Waals surface area contributed by atoms with Gasteiger partial charge in [0.1, 0.15) is 6.29 Å². The summed E-state index contributed by atoms with van der Waals surface area (Å²) in [6, 6.07) is 5.01. The summed E-state index contributed by atoms with van der Waals surface area (Å²) in [7, 11) is -3.24. The van der Waals surface area contributed by atoms with Crippen LogP contribution in [0.5, 0.6) is 0 Å². The van der Waals surface area contributed by atoms with Crippen molar-refractivity contribution in [2.24, 2.45) is 0 Å². The Hall–Kier alpha value is -1.42. The molecule has 0 saturated carbocycles. The lowest BCUT2D eigenvalue weighted by atomic mass is 10.0. The number of hydrogen-bond acceptors (Lipinski definition) is 3. The molecule has 0 aromatic heterocycles. The second kappa shape index (κ2) is 3.31. The molecule has 0 saturated heterocycles. The maximum absolute atomic E-state index is 11.6. The van der Waals surface area contributed by atoms with Gasteiger partial charge in [0.25, 0.3) is 0 Å². The average molecular weight is 222 g/mol. The van der Waals surface area contributed by atoms with Crippen LogP contribution in [-0.4, -0.2) is 14.7 Å². The Morgan fingerprint density at radius 1 is 1.33 bits per heavy atom. The van der Waals surface area contributed by atoms with Gasteiger partial charge in [-0.1, -0.05) is 6.07 Å². The van der Waals surface area contributed by atoms with Gasteiger partial charge >= 0.3 is 0 Å². The third kappa shape index (κ3) is 1.61. The normalized spacial score (nSPS) is 17.0. The van der Waals surface area contributed by atoms with Gasteiger partial charge in [0.05, 0.1) is 4.90 Å². The van der Waals surface area contributed by atoms with Crippen LogP contribution in [0.25, 0.3) is 5.57 Å². The molecule has 78 valence electrons. The third-order valence-corrected chi connectivity index (χ3v) is 4.06. The monoisotopic (exact) mass is 222 g/mol. The molecule has 1 aromatic rings. The summed E-state index contributed by atoms with van der Waals surface area (Å²) < 4.78 is 23.2. The molecule has 0 atom stereocenters. The van der Waals surface area contributed by atoms with Gasteiger partial charge in [0.15, 0.2) is 0 Å². The fourth-order valence-corrected chi connectivity index (χ4v) is 3.22. The fourth-order valence-electron chi connectivity index (χ4n) is 1.72. The number of rotatable bonds is 2. The van der Waals surface area contributed by atoms with Gasteiger partial charge < -0.3 is 4.79 Å². The van der Waals surface area contributed by atoms with E-state index in [1.54, 1.807) is 25.1 Å². The van der Waals surface area contributed by atoms with Crippen LogP contribution >= 0.6 is 0 Å². The summed E-state index contributed by atoms with van der Waals surface area (Å²) >= 11 is 0. The van der Waals surface area contributed by atoms with Crippen LogP contribution in [0.4, 0.5) is 0 Å². The minimum Gasteiger partial charge on any atom is -0.303 e. The highest BCUT2D eigenvalue weighted by Crippen LogP contribution is 2.33. The number of sulfone groups is 1. The summed E-state index contributed by atoms with van der Waals surface area (Å²) in [5, 5.41) is 1.27. The van der Waals surface area contributed by atoms with Crippen molar-refractivity contribution in [2.75, 3.05) is 0 Å². The Labute approximate surface area is 88.3 Å². The highest BCUT2D eigenvalue weighted by molar-refractivity contribution is 7.95. The van der Waals surface area contributed by atoms with Crippen LogP contribution in [0.1, 0.15) is 18.1 Å². The molecular formula is C11H10O3S. The largest absolute Gasteiger partial charge is 0.303 e. The topological polar surface area (TPSA) is 51.2 Å². The van der Waals surface area contributed by atoms with E-state index < -0.39 is 9.84 Å². The maximum atomic E-state index is 11.6. The first-order chi connectivity index (χ1) is 7.04. The lowest BCUT2D eigenvalue weighted by Crippen LogP contribution is -1.95. The van der Waals surface area contributed by atoms with Crippen LogP contribution in [0.15, 0.2) is 28.5 Å². The molecule has 3 nitrogen and oxygen atoms in total. The Kier molecular flexibility index (Phi) is 2.23. The smallest absolute Gasteiger partial charge is 0.200 e. The van der Waals surface area contributed by atoms with Gasteiger partial charge in [-0.2, -0.15) is 0 Å². The molecule has 0 unspecified atom stereocenters. The SMILES string of the molecule is CC1=CS(=O)(=O)c2ccc(CC=O)cc21. The molecule has 2 rings (SSSR count). The number of carbonyl (C=O) groups is 1. The second-order valence-electron chi connectivity index (χ2n) is 3.55. The Morgan fingerprint density at radius 2 is 2.07 bits per heavy atom. The number of carbonyl (C=O) groups excluding carboxylic acids is 1. The number of hydrogen-bond donors (Lipinski definition) is 0. The summed E-state index contributed by atoms with van der Waals surface area (Å²) in [5.74, 6) is 0. The quantitative estimate of drug-likeness (QED) is 0.714. The first kappa shape index (κ1) is 10.1. The van der Waals surface area contributed by atoms with Crippen molar-refractivity contribution >= 4 is 21.7 Å². The lowest BCUT2D eigenvalue weighted by molar-refractivity contribution is -0.107. The number of allylic oxidation sites excluding steroid dienone is 1. The molecule has 0 spiro atoms. The molecule has 0 radical (unpaired) electrons. The van der Waals surface area contributed by atoms with E-state index in [2.05, 4.69) is 0 Å². The molecule has 1 aromatic carbocycles. The van der Waals surface area contributed by atoms with Crippen molar-refractivity contribution in [2.45, 2.75) is 18.2 Å². The zero-order chi connectivity index (χ0) is 11.1. The van der Waals surface area contributed by atoms with Crippen LogP contribution < -0.4 is 0 Å². The zero-order valence-corrected chi connectivity index (χ0v) is 9.04. The van der Waals surface area contributed by atoms with Gasteiger partial charge in [-0.05, 0) is 35.8 Å². The van der Waals surface area contributed by atoms with Crippen LogP contribution in [0.2, 0.25) is 0 Å². The average Bonchev–Trinajstić information content (AvgIpc) is 2.38. The van der Waals surface area contributed by atoms with Gasteiger partial charge in [-0.3, -0.25) is 0 Å². The molecule has 0 amide bonds. The molecule has 0 aliphatic carbocycles. The molecule has 0 bridgehead atoms. The van der Waals surface area contributed by atoms with Crippen molar-refractivity contribution in [1.29, 1.82) is 0 Å². The molecule has 15 heavy (non-hydrogen) atoms. The molecule has 1 heterocycles. The Bertz CT molecular complexity index is 553. The summed E-state index contributed by atoms with van der Waals surface area (Å²) in [4.78, 5) is 10.7. The van der Waals surface area contributed by atoms with Crippen LogP contribution in [0.3, 0.4) is 0 Å². The molecule has 1 aliphatic heterocycles. The molecular weight excluding hydrogens is 212 g/mol. The Balaban J connectivity index is 2.61. The lowest BCUT2D eigenvalue weighted by Gasteiger charge is -2.02. The Morgan fingerprint density at radius 3 is 2.73 bits per heavy atom. The molecule has 0 fully saturated rings. The fraction of sp³-hybridized carbons (Fsp3) is 0.182. The van der Waals surface area contributed by atoms with E-state index in [0.29, 0.717) is 16.9 Å². The molecule has 1 aliphatic rings. The van der Waals surface area contributed by atoms with Gasteiger partial charge in [0, 0.05) is 11.8 Å². The van der Waals surface area contributed by atoms with E-state index in [1.807, 2.05) is 0 Å². The standard InChI is InChI=1S/C11H10O3S/c1-8-7-15(13,14)11-3-2-9(4-5-12)6-10(8)11/h2-3,5-7H,4H2,1H3. The number of benzene rings is 1. The predicted molar refractivity (Wildman–Crippen MR) is 57.0 cm³/mol. The van der Waals surface area contributed by atoms with E-state index in [-0.39, 0.29) is 0 Å². The third-order valence-electron chi connectivity index (χ3n) is 2.43. The molecule has 4 heteroatoms. The zero-order valence-electron chi connectivity index (χ0n) is 8.23. The van der Waals surface area contributed by atoms with Crippen molar-refractivity contribution in [3.8, 4) is 0 Å². The predicted octanol–water partition coefficient (Wildman–Crippen LogP) is 1.58. The first-order valence-corrected chi connectivity index (χ1v) is 6.09. The first-order valence-electron chi connectivity index (χ1n) is 4.55. The number of aldehydes is 1. The van der Waals surface area contributed by atoms with Crippen LogP contribution in [0, 0.1) is 0 Å². The summed E-state index contributed by atoms with van der Waals surface area (Å²) in [5.41, 5.74) is 2.29. The van der Waals surface area contributed by atoms with Crippen molar-refractivity contribution < 1.29 is 13.2 Å². The van der Waals surface area contributed by atoms with Crippen molar-refractivity contribution in [1.82, 2.24) is 0 Å². The van der Waals surface area contributed by atoms with E-state index in [0.717, 1.165) is 17.4 Å². The van der Waals surface area contributed by atoms with E-state index in [4.69, 9.17) is 0 Å². The highest BCUT2D eigenvalue weighted by atomic mass is 32.2. The highest BCUT2D eigenvalue weighted by Gasteiger charge is 2.24. The minimum absolute atomic E-state index is 0.320. The van der Waals surface area contributed by atoms with E-state index in [9.17, 15) is 13.2 Å². The number of fused-ring (bicyclic) bond motifs is 1. The second-order valence-corrected chi connectivity index (χ2v) is 5.31.